The lowest BCUT2D eigenvalue weighted by Gasteiger charge is -2.23. The summed E-state index contributed by atoms with van der Waals surface area (Å²) in [6.45, 7) is 6.76. The second-order valence-electron chi connectivity index (χ2n) is 4.66. The van der Waals surface area contributed by atoms with Gasteiger partial charge in [-0.2, -0.15) is 0 Å². The van der Waals surface area contributed by atoms with Crippen molar-refractivity contribution in [1.29, 1.82) is 0 Å². The molecule has 88 valence electrons. The van der Waals surface area contributed by atoms with Crippen LogP contribution >= 0.6 is 0 Å². The van der Waals surface area contributed by atoms with Crippen molar-refractivity contribution in [3.05, 3.63) is 0 Å². The van der Waals surface area contributed by atoms with Crippen LogP contribution in [-0.4, -0.2) is 28.6 Å². The Hall–Kier alpha value is -1.10. The summed E-state index contributed by atoms with van der Waals surface area (Å²) < 4.78 is 0. The molecule has 1 atom stereocenters. The predicted molar refractivity (Wildman–Crippen MR) is 57.3 cm³/mol. The normalized spacial score (nSPS) is 13.7. The first-order chi connectivity index (χ1) is 6.66. The van der Waals surface area contributed by atoms with Crippen LogP contribution in [0.15, 0.2) is 0 Å². The Morgan fingerprint density at radius 2 is 1.87 bits per heavy atom. The lowest BCUT2D eigenvalue weighted by atomic mass is 10.0. The maximum absolute atomic E-state index is 11.5. The predicted octanol–water partition coefficient (Wildman–Crippen LogP) is 0.339. The molecule has 0 rings (SSSR count). The molecule has 1 amide bonds. The number of hydrogen-bond donors (Lipinski definition) is 3. The first kappa shape index (κ1) is 13.9. The first-order valence-electron chi connectivity index (χ1n) is 4.98. The fourth-order valence-electron chi connectivity index (χ4n) is 1.07. The van der Waals surface area contributed by atoms with Crippen LogP contribution in [0.2, 0.25) is 0 Å². The smallest absolute Gasteiger partial charge is 0.328 e. The molecule has 0 aliphatic carbocycles. The van der Waals surface area contributed by atoms with Gasteiger partial charge in [0.1, 0.15) is 5.54 Å². The summed E-state index contributed by atoms with van der Waals surface area (Å²) in [4.78, 5) is 22.2. The molecule has 0 aromatic carbocycles. The van der Waals surface area contributed by atoms with Gasteiger partial charge in [0.25, 0.3) is 0 Å². The standard InChI is InChI=1S/C10H20N2O3/c1-6(2)5-7(11)8(13)12-10(3,4)9(14)15/h6-7H,5,11H2,1-4H3,(H,12,13)(H,14,15)/t7-/m1/s1. The second kappa shape index (κ2) is 5.11. The minimum Gasteiger partial charge on any atom is -0.480 e. The number of carboxylic acids is 1. The third-order valence-corrected chi connectivity index (χ3v) is 2.03. The highest BCUT2D eigenvalue weighted by atomic mass is 16.4. The van der Waals surface area contributed by atoms with E-state index in [2.05, 4.69) is 5.32 Å². The van der Waals surface area contributed by atoms with Crippen LogP contribution in [0.25, 0.3) is 0 Å². The van der Waals surface area contributed by atoms with Crippen LogP contribution in [-0.2, 0) is 9.59 Å². The number of aliphatic carboxylic acids is 1. The van der Waals surface area contributed by atoms with Crippen molar-refractivity contribution in [2.24, 2.45) is 11.7 Å². The number of carbonyl (C=O) groups excluding carboxylic acids is 1. The van der Waals surface area contributed by atoms with E-state index in [4.69, 9.17) is 10.8 Å². The van der Waals surface area contributed by atoms with Crippen LogP contribution in [0.5, 0.6) is 0 Å². The zero-order valence-electron chi connectivity index (χ0n) is 9.70. The fourth-order valence-corrected chi connectivity index (χ4v) is 1.07. The number of rotatable bonds is 5. The molecular formula is C10H20N2O3. The Kier molecular flexibility index (Phi) is 4.74. The number of nitrogens with two attached hydrogens (primary N) is 1. The summed E-state index contributed by atoms with van der Waals surface area (Å²) in [5.41, 5.74) is 4.35. The van der Waals surface area contributed by atoms with Crippen molar-refractivity contribution >= 4 is 11.9 Å². The third kappa shape index (κ3) is 4.78. The molecule has 0 saturated carbocycles. The highest BCUT2D eigenvalue weighted by Crippen LogP contribution is 2.06. The van der Waals surface area contributed by atoms with Crippen molar-refractivity contribution < 1.29 is 14.7 Å². The summed E-state index contributed by atoms with van der Waals surface area (Å²) in [5.74, 6) is -1.19. The molecule has 0 fully saturated rings. The van der Waals surface area contributed by atoms with Crippen LogP contribution in [0.1, 0.15) is 34.1 Å². The quantitative estimate of drug-likeness (QED) is 0.618. The number of nitrogens with one attached hydrogen (secondary N) is 1. The van der Waals surface area contributed by atoms with Crippen LogP contribution in [0.3, 0.4) is 0 Å². The average Bonchev–Trinajstić information content (AvgIpc) is 2.01. The van der Waals surface area contributed by atoms with Gasteiger partial charge in [0.2, 0.25) is 5.91 Å². The monoisotopic (exact) mass is 216 g/mol. The van der Waals surface area contributed by atoms with E-state index in [1.54, 1.807) is 0 Å². The molecule has 0 aromatic heterocycles. The minimum absolute atomic E-state index is 0.304. The molecule has 0 aliphatic rings. The largest absolute Gasteiger partial charge is 0.480 e. The Morgan fingerprint density at radius 1 is 1.40 bits per heavy atom. The Bertz CT molecular complexity index is 249. The van der Waals surface area contributed by atoms with Gasteiger partial charge in [-0.3, -0.25) is 4.79 Å². The van der Waals surface area contributed by atoms with Crippen molar-refractivity contribution in [3.8, 4) is 0 Å². The Morgan fingerprint density at radius 3 is 2.20 bits per heavy atom. The molecule has 0 saturated heterocycles. The molecule has 0 aromatic rings. The molecule has 0 spiro atoms. The van der Waals surface area contributed by atoms with Gasteiger partial charge in [-0.1, -0.05) is 13.8 Å². The minimum atomic E-state index is -1.27. The van der Waals surface area contributed by atoms with E-state index in [1.165, 1.54) is 13.8 Å². The van der Waals surface area contributed by atoms with E-state index in [-0.39, 0.29) is 0 Å². The third-order valence-electron chi connectivity index (χ3n) is 2.03. The summed E-state index contributed by atoms with van der Waals surface area (Å²) >= 11 is 0. The molecule has 0 aliphatic heterocycles. The van der Waals surface area contributed by atoms with Gasteiger partial charge in [0.15, 0.2) is 0 Å². The van der Waals surface area contributed by atoms with Gasteiger partial charge in [0.05, 0.1) is 6.04 Å². The molecule has 5 nitrogen and oxygen atoms in total. The average molecular weight is 216 g/mol. The number of hydrogen-bond acceptors (Lipinski definition) is 3. The topological polar surface area (TPSA) is 92.4 Å². The first-order valence-corrected chi connectivity index (χ1v) is 4.98. The summed E-state index contributed by atoms with van der Waals surface area (Å²) in [5, 5.41) is 11.2. The van der Waals surface area contributed by atoms with E-state index >= 15 is 0 Å². The van der Waals surface area contributed by atoms with Crippen molar-refractivity contribution in [2.45, 2.75) is 45.7 Å². The molecule has 4 N–H and O–H groups in total. The molecule has 0 heterocycles. The van der Waals surface area contributed by atoms with Crippen LogP contribution in [0, 0.1) is 5.92 Å². The molecule has 0 radical (unpaired) electrons. The highest BCUT2D eigenvalue weighted by molar-refractivity contribution is 5.88. The van der Waals surface area contributed by atoms with E-state index in [0.717, 1.165) is 0 Å². The molecule has 15 heavy (non-hydrogen) atoms. The maximum atomic E-state index is 11.5. The lowest BCUT2D eigenvalue weighted by molar-refractivity contribution is -0.146. The van der Waals surface area contributed by atoms with Crippen LogP contribution in [0.4, 0.5) is 0 Å². The summed E-state index contributed by atoms with van der Waals surface area (Å²) in [7, 11) is 0. The second-order valence-corrected chi connectivity index (χ2v) is 4.66. The molecule has 0 bridgehead atoms. The van der Waals surface area contributed by atoms with Gasteiger partial charge in [-0.15, -0.1) is 0 Å². The summed E-state index contributed by atoms with van der Waals surface area (Å²) in [6.07, 6.45) is 0.543. The van der Waals surface area contributed by atoms with Gasteiger partial charge in [-0.25, -0.2) is 4.79 Å². The van der Waals surface area contributed by atoms with Gasteiger partial charge < -0.3 is 16.2 Å². The van der Waals surface area contributed by atoms with E-state index in [0.29, 0.717) is 12.3 Å². The fraction of sp³-hybridized carbons (Fsp3) is 0.800. The van der Waals surface area contributed by atoms with Crippen molar-refractivity contribution in [3.63, 3.8) is 0 Å². The zero-order valence-corrected chi connectivity index (χ0v) is 9.70. The van der Waals surface area contributed by atoms with Crippen molar-refractivity contribution in [1.82, 2.24) is 5.32 Å². The molecular weight excluding hydrogens is 196 g/mol. The van der Waals surface area contributed by atoms with E-state index in [1.807, 2.05) is 13.8 Å². The number of carboxylic acid groups (broad SMARTS) is 1. The number of amides is 1. The van der Waals surface area contributed by atoms with Crippen LogP contribution < -0.4 is 11.1 Å². The summed E-state index contributed by atoms with van der Waals surface area (Å²) in [6, 6.07) is -0.649. The maximum Gasteiger partial charge on any atom is 0.328 e. The SMILES string of the molecule is CC(C)C[C@@H](N)C(=O)NC(C)(C)C(=O)O. The van der Waals surface area contributed by atoms with Crippen molar-refractivity contribution in [2.75, 3.05) is 0 Å². The Labute approximate surface area is 90.0 Å². The number of carbonyl (C=O) groups is 2. The van der Waals surface area contributed by atoms with E-state index in [9.17, 15) is 9.59 Å². The molecule has 5 heteroatoms. The lowest BCUT2D eigenvalue weighted by Crippen LogP contribution is -2.54. The zero-order chi connectivity index (χ0) is 12.2. The Balaban J connectivity index is 4.30. The van der Waals surface area contributed by atoms with Gasteiger partial charge in [-0.05, 0) is 26.2 Å². The van der Waals surface area contributed by atoms with Gasteiger partial charge in [0, 0.05) is 0 Å². The van der Waals surface area contributed by atoms with E-state index < -0.39 is 23.5 Å². The van der Waals surface area contributed by atoms with Gasteiger partial charge >= 0.3 is 5.97 Å². The molecule has 0 unspecified atom stereocenters. The highest BCUT2D eigenvalue weighted by Gasteiger charge is 2.30.